The molecule has 2 nitrogen and oxygen atoms in total. The predicted octanol–water partition coefficient (Wildman–Crippen LogP) is 3.42. The number of ether oxygens (including phenoxy) is 1. The van der Waals surface area contributed by atoms with E-state index < -0.39 is 0 Å². The minimum absolute atomic E-state index is 0.214. The van der Waals surface area contributed by atoms with Crippen LogP contribution in [-0.2, 0) is 9.53 Å². The minimum atomic E-state index is -0.214. The smallest absolute Gasteiger partial charge is 0.333 e. The van der Waals surface area contributed by atoms with Gasteiger partial charge in [0, 0.05) is 5.57 Å². The van der Waals surface area contributed by atoms with Crippen molar-refractivity contribution in [1.29, 1.82) is 0 Å². The molecule has 100 valence electrons. The quantitative estimate of drug-likeness (QED) is 0.565. The highest BCUT2D eigenvalue weighted by atomic mass is 16.5. The lowest BCUT2D eigenvalue weighted by Crippen LogP contribution is -2.28. The second-order valence-corrected chi connectivity index (χ2v) is 6.94. The third kappa shape index (κ3) is 1.90. The second kappa shape index (κ2) is 4.40. The number of hydrogen-bond donors (Lipinski definition) is 0. The lowest BCUT2D eigenvalue weighted by Gasteiger charge is -2.31. The van der Waals surface area contributed by atoms with Crippen molar-refractivity contribution in [2.24, 2.45) is 35.5 Å². The molecule has 6 atom stereocenters. The van der Waals surface area contributed by atoms with Crippen LogP contribution in [0.1, 0.15) is 39.5 Å². The number of fused-ring (bicyclic) bond motifs is 5. The van der Waals surface area contributed by atoms with Crippen molar-refractivity contribution in [3.8, 4) is 0 Å². The van der Waals surface area contributed by atoms with Crippen LogP contribution in [0.25, 0.3) is 0 Å². The van der Waals surface area contributed by atoms with Gasteiger partial charge in [0.25, 0.3) is 0 Å². The summed E-state index contributed by atoms with van der Waals surface area (Å²) >= 11 is 0. The fourth-order valence-corrected chi connectivity index (χ4v) is 4.98. The van der Waals surface area contributed by atoms with Crippen LogP contribution in [0.2, 0.25) is 0 Å². The Labute approximate surface area is 110 Å². The van der Waals surface area contributed by atoms with Gasteiger partial charge < -0.3 is 4.74 Å². The molecule has 0 aromatic heterocycles. The van der Waals surface area contributed by atoms with E-state index in [1.807, 2.05) is 0 Å². The third-order valence-corrected chi connectivity index (χ3v) is 5.62. The van der Waals surface area contributed by atoms with Crippen molar-refractivity contribution >= 4 is 5.97 Å². The Morgan fingerprint density at radius 1 is 1.17 bits per heavy atom. The van der Waals surface area contributed by atoms with Gasteiger partial charge in [-0.2, -0.15) is 0 Å². The highest BCUT2D eigenvalue weighted by Crippen LogP contribution is 2.62. The molecule has 0 saturated heterocycles. The highest BCUT2D eigenvalue weighted by Gasteiger charge is 2.55. The monoisotopic (exact) mass is 248 g/mol. The molecule has 0 spiro atoms. The maximum absolute atomic E-state index is 11.5. The standard InChI is InChI=1S/C16H24O2/c1-9(2)16(17)18-8-12-6-11-7-14(12)15-5-10(3)4-13(11)15/h10-15H,1,4-8H2,2-3H3. The van der Waals surface area contributed by atoms with Crippen molar-refractivity contribution in [3.63, 3.8) is 0 Å². The second-order valence-electron chi connectivity index (χ2n) is 6.94. The molecule has 0 aliphatic heterocycles. The number of hydrogen-bond acceptors (Lipinski definition) is 2. The number of rotatable bonds is 3. The van der Waals surface area contributed by atoms with Gasteiger partial charge in [-0.25, -0.2) is 4.79 Å². The van der Waals surface area contributed by atoms with Gasteiger partial charge in [-0.15, -0.1) is 0 Å². The maximum Gasteiger partial charge on any atom is 0.333 e. The summed E-state index contributed by atoms with van der Waals surface area (Å²) < 4.78 is 5.38. The molecule has 2 heteroatoms. The largest absolute Gasteiger partial charge is 0.462 e. The van der Waals surface area contributed by atoms with Crippen molar-refractivity contribution in [2.75, 3.05) is 6.61 Å². The van der Waals surface area contributed by atoms with Gasteiger partial charge in [0.1, 0.15) is 0 Å². The minimum Gasteiger partial charge on any atom is -0.462 e. The highest BCUT2D eigenvalue weighted by molar-refractivity contribution is 5.86. The van der Waals surface area contributed by atoms with E-state index in [0.717, 1.165) is 29.6 Å². The zero-order chi connectivity index (χ0) is 12.9. The molecule has 3 aliphatic carbocycles. The molecule has 0 radical (unpaired) electrons. The van der Waals surface area contributed by atoms with Gasteiger partial charge in [0.05, 0.1) is 6.61 Å². The normalized spacial score (nSPS) is 45.0. The molecule has 6 unspecified atom stereocenters. The predicted molar refractivity (Wildman–Crippen MR) is 70.9 cm³/mol. The summed E-state index contributed by atoms with van der Waals surface area (Å²) in [6.45, 7) is 8.38. The average molecular weight is 248 g/mol. The van der Waals surface area contributed by atoms with Crippen LogP contribution in [0.3, 0.4) is 0 Å². The molecule has 3 rings (SSSR count). The summed E-state index contributed by atoms with van der Waals surface area (Å²) in [5, 5.41) is 0. The Bertz CT molecular complexity index is 373. The van der Waals surface area contributed by atoms with Gasteiger partial charge in [0.15, 0.2) is 0 Å². The van der Waals surface area contributed by atoms with E-state index >= 15 is 0 Å². The maximum atomic E-state index is 11.5. The molecular formula is C16H24O2. The SMILES string of the molecule is C=C(C)C(=O)OCC1CC2CC1C1CC(C)CC21. The summed E-state index contributed by atoms with van der Waals surface area (Å²) in [4.78, 5) is 11.5. The lowest BCUT2D eigenvalue weighted by molar-refractivity contribution is -0.141. The molecule has 0 aromatic carbocycles. The van der Waals surface area contributed by atoms with Crippen molar-refractivity contribution in [3.05, 3.63) is 12.2 Å². The third-order valence-electron chi connectivity index (χ3n) is 5.62. The number of carbonyl (C=O) groups is 1. The van der Waals surface area contributed by atoms with Crippen LogP contribution in [0.4, 0.5) is 0 Å². The van der Waals surface area contributed by atoms with Crippen LogP contribution in [0, 0.1) is 35.5 Å². The fraction of sp³-hybridized carbons (Fsp3) is 0.812. The molecule has 0 N–H and O–H groups in total. The van der Waals surface area contributed by atoms with Crippen molar-refractivity contribution in [2.45, 2.75) is 39.5 Å². The summed E-state index contributed by atoms with van der Waals surface area (Å²) in [5.74, 6) is 5.03. The van der Waals surface area contributed by atoms with Gasteiger partial charge in [-0.3, -0.25) is 0 Å². The topological polar surface area (TPSA) is 26.3 Å². The van der Waals surface area contributed by atoms with E-state index in [4.69, 9.17) is 4.74 Å². The average Bonchev–Trinajstić information content (AvgIpc) is 2.95. The Hall–Kier alpha value is -0.790. The van der Waals surface area contributed by atoms with Crippen LogP contribution >= 0.6 is 0 Å². The first-order chi connectivity index (χ1) is 8.56. The van der Waals surface area contributed by atoms with E-state index in [0.29, 0.717) is 18.1 Å². The van der Waals surface area contributed by atoms with Gasteiger partial charge >= 0.3 is 5.97 Å². The van der Waals surface area contributed by atoms with Gasteiger partial charge in [-0.1, -0.05) is 13.5 Å². The van der Waals surface area contributed by atoms with Gasteiger partial charge in [0.2, 0.25) is 0 Å². The van der Waals surface area contributed by atoms with Crippen LogP contribution < -0.4 is 0 Å². The van der Waals surface area contributed by atoms with E-state index in [9.17, 15) is 4.79 Å². The van der Waals surface area contributed by atoms with E-state index in [1.54, 1.807) is 6.92 Å². The Balaban J connectivity index is 1.58. The summed E-state index contributed by atoms with van der Waals surface area (Å²) in [6.07, 6.45) is 5.56. The molecule has 0 aromatic rings. The Kier molecular flexibility index (Phi) is 2.99. The van der Waals surface area contributed by atoms with Crippen LogP contribution in [0.15, 0.2) is 12.2 Å². The summed E-state index contributed by atoms with van der Waals surface area (Å²) in [5.41, 5.74) is 0.519. The van der Waals surface area contributed by atoms with Crippen LogP contribution in [0.5, 0.6) is 0 Å². The summed E-state index contributed by atoms with van der Waals surface area (Å²) in [6, 6.07) is 0. The molecule has 2 bridgehead atoms. The Morgan fingerprint density at radius 3 is 2.61 bits per heavy atom. The van der Waals surface area contributed by atoms with E-state index in [2.05, 4.69) is 13.5 Å². The van der Waals surface area contributed by atoms with Crippen LogP contribution in [-0.4, -0.2) is 12.6 Å². The first kappa shape index (κ1) is 12.3. The molecule has 3 aliphatic rings. The molecule has 3 saturated carbocycles. The van der Waals surface area contributed by atoms with Gasteiger partial charge in [-0.05, 0) is 68.1 Å². The number of carbonyl (C=O) groups excluding carboxylic acids is 1. The fourth-order valence-electron chi connectivity index (χ4n) is 4.98. The first-order valence-corrected chi connectivity index (χ1v) is 7.39. The molecule has 0 heterocycles. The van der Waals surface area contributed by atoms with Crippen molar-refractivity contribution < 1.29 is 9.53 Å². The first-order valence-electron chi connectivity index (χ1n) is 7.39. The molecule has 0 amide bonds. The zero-order valence-corrected chi connectivity index (χ0v) is 11.5. The molecular weight excluding hydrogens is 224 g/mol. The molecule has 3 fully saturated rings. The van der Waals surface area contributed by atoms with E-state index in [-0.39, 0.29) is 5.97 Å². The zero-order valence-electron chi connectivity index (χ0n) is 11.5. The summed E-state index contributed by atoms with van der Waals surface area (Å²) in [7, 11) is 0. The lowest BCUT2D eigenvalue weighted by atomic mass is 9.76. The molecule has 18 heavy (non-hydrogen) atoms. The number of esters is 1. The Morgan fingerprint density at radius 2 is 1.89 bits per heavy atom. The van der Waals surface area contributed by atoms with E-state index in [1.165, 1.54) is 25.7 Å². The van der Waals surface area contributed by atoms with Crippen molar-refractivity contribution in [1.82, 2.24) is 0 Å².